The standard InChI is InChI=1S/C18H22FN3O5S/c1-26-17(23)20-7-14-8-21(18(24)27-14)11-4-5-16(15(19)6-11)22-12-2-3-13(22)10-28(25)9-12/h4-6,12-14H,2-3,7-10H2,1H3,(H,20,23)/t12-,13+,14-,28?/m0/s1. The van der Waals surface area contributed by atoms with Crippen LogP contribution in [0.5, 0.6) is 0 Å². The summed E-state index contributed by atoms with van der Waals surface area (Å²) < 4.78 is 36.5. The summed E-state index contributed by atoms with van der Waals surface area (Å²) in [5.41, 5.74) is 0.893. The third-order valence-electron chi connectivity index (χ3n) is 5.43. The Morgan fingerprint density at radius 3 is 2.71 bits per heavy atom. The van der Waals surface area contributed by atoms with E-state index in [1.807, 2.05) is 4.90 Å². The van der Waals surface area contributed by atoms with E-state index in [-0.39, 0.29) is 25.2 Å². The van der Waals surface area contributed by atoms with Crippen LogP contribution in [0.1, 0.15) is 12.8 Å². The quantitative estimate of drug-likeness (QED) is 0.810. The van der Waals surface area contributed by atoms with Gasteiger partial charge >= 0.3 is 12.2 Å². The molecule has 3 heterocycles. The third kappa shape index (κ3) is 3.52. The number of cyclic esters (lactones) is 1. The van der Waals surface area contributed by atoms with Crippen molar-refractivity contribution >= 4 is 34.4 Å². The maximum atomic E-state index is 14.9. The van der Waals surface area contributed by atoms with Gasteiger partial charge in [0.25, 0.3) is 0 Å². The zero-order valence-corrected chi connectivity index (χ0v) is 16.2. The van der Waals surface area contributed by atoms with Crippen LogP contribution >= 0.6 is 0 Å². The van der Waals surface area contributed by atoms with Gasteiger partial charge in [0.1, 0.15) is 11.9 Å². The van der Waals surface area contributed by atoms with Gasteiger partial charge in [-0.2, -0.15) is 0 Å². The fourth-order valence-corrected chi connectivity index (χ4v) is 5.81. The zero-order valence-electron chi connectivity index (χ0n) is 15.4. The molecule has 2 bridgehead atoms. The number of halogens is 1. The summed E-state index contributed by atoms with van der Waals surface area (Å²) in [6.45, 7) is 0.319. The molecule has 3 aliphatic heterocycles. The maximum absolute atomic E-state index is 14.9. The molecule has 152 valence electrons. The lowest BCUT2D eigenvalue weighted by Crippen LogP contribution is -2.47. The number of hydrogen-bond donors (Lipinski definition) is 1. The number of carbonyl (C=O) groups excluding carboxylic acids is 2. The minimum atomic E-state index is -0.833. The summed E-state index contributed by atoms with van der Waals surface area (Å²) in [6.07, 6.45) is 0.108. The maximum Gasteiger partial charge on any atom is 0.414 e. The van der Waals surface area contributed by atoms with Crippen molar-refractivity contribution in [3.05, 3.63) is 24.0 Å². The molecule has 4 atom stereocenters. The van der Waals surface area contributed by atoms with E-state index in [0.29, 0.717) is 22.9 Å². The Bertz CT molecular complexity index is 806. The largest absolute Gasteiger partial charge is 0.453 e. The summed E-state index contributed by atoms with van der Waals surface area (Å²) in [5, 5.41) is 2.48. The second kappa shape index (κ2) is 7.57. The Kier molecular flexibility index (Phi) is 5.13. The molecule has 3 fully saturated rings. The topological polar surface area (TPSA) is 88.2 Å². The highest BCUT2D eigenvalue weighted by Gasteiger charge is 2.41. The molecule has 4 rings (SSSR count). The second-order valence-corrected chi connectivity index (χ2v) is 8.74. The number of nitrogens with zero attached hydrogens (tertiary/aromatic N) is 2. The van der Waals surface area contributed by atoms with Crippen molar-refractivity contribution in [2.75, 3.05) is 41.5 Å². The molecular formula is C18H22FN3O5S. The first kappa shape index (κ1) is 19.0. The van der Waals surface area contributed by atoms with E-state index in [0.717, 1.165) is 12.8 Å². The molecule has 1 aromatic carbocycles. The molecule has 0 aromatic heterocycles. The molecule has 3 saturated heterocycles. The molecule has 28 heavy (non-hydrogen) atoms. The number of ether oxygens (including phenoxy) is 2. The van der Waals surface area contributed by atoms with Crippen molar-refractivity contribution in [2.24, 2.45) is 0 Å². The molecule has 1 aromatic rings. The van der Waals surface area contributed by atoms with Gasteiger partial charge < -0.3 is 19.7 Å². The fraction of sp³-hybridized carbons (Fsp3) is 0.556. The molecule has 0 spiro atoms. The number of fused-ring (bicyclic) bond motifs is 2. The number of rotatable bonds is 4. The summed E-state index contributed by atoms with van der Waals surface area (Å²) in [4.78, 5) is 26.7. The van der Waals surface area contributed by atoms with Crippen LogP contribution in [0.4, 0.5) is 25.4 Å². The van der Waals surface area contributed by atoms with Crippen molar-refractivity contribution in [2.45, 2.75) is 31.0 Å². The number of carbonyl (C=O) groups is 2. The van der Waals surface area contributed by atoms with E-state index < -0.39 is 34.9 Å². The normalized spacial score (nSPS) is 29.0. The summed E-state index contributed by atoms with van der Waals surface area (Å²) in [5.74, 6) is 0.738. The number of amides is 2. The second-order valence-electron chi connectivity index (χ2n) is 7.19. The Morgan fingerprint density at radius 1 is 1.36 bits per heavy atom. The first-order valence-corrected chi connectivity index (χ1v) is 10.7. The number of hydrogen-bond acceptors (Lipinski definition) is 6. The smallest absolute Gasteiger partial charge is 0.414 e. The van der Waals surface area contributed by atoms with E-state index in [4.69, 9.17) is 4.74 Å². The van der Waals surface area contributed by atoms with Crippen LogP contribution in [-0.2, 0) is 20.3 Å². The Hall–Kier alpha value is -2.36. The highest BCUT2D eigenvalue weighted by atomic mass is 32.2. The van der Waals surface area contributed by atoms with Crippen molar-refractivity contribution in [1.82, 2.24) is 5.32 Å². The van der Waals surface area contributed by atoms with Crippen LogP contribution in [-0.4, -0.2) is 66.3 Å². The molecule has 8 nitrogen and oxygen atoms in total. The van der Waals surface area contributed by atoms with Crippen LogP contribution < -0.4 is 15.1 Å². The molecular weight excluding hydrogens is 389 g/mol. The summed E-state index contributed by atoms with van der Waals surface area (Å²) >= 11 is 0. The van der Waals surface area contributed by atoms with Crippen LogP contribution in [0.3, 0.4) is 0 Å². The Morgan fingerprint density at radius 2 is 2.07 bits per heavy atom. The minimum Gasteiger partial charge on any atom is -0.453 e. The number of anilines is 2. The first-order chi connectivity index (χ1) is 13.5. The predicted octanol–water partition coefficient (Wildman–Crippen LogP) is 1.61. The van der Waals surface area contributed by atoms with Crippen LogP contribution in [0, 0.1) is 5.82 Å². The molecule has 0 saturated carbocycles. The van der Waals surface area contributed by atoms with Gasteiger partial charge in [0.05, 0.1) is 31.6 Å². The molecule has 10 heteroatoms. The molecule has 1 unspecified atom stereocenters. The van der Waals surface area contributed by atoms with E-state index in [1.165, 1.54) is 18.1 Å². The summed E-state index contributed by atoms with van der Waals surface area (Å²) in [6, 6.07) is 4.91. The van der Waals surface area contributed by atoms with E-state index >= 15 is 0 Å². The van der Waals surface area contributed by atoms with Crippen LogP contribution in [0.25, 0.3) is 0 Å². The third-order valence-corrected chi connectivity index (χ3v) is 6.94. The van der Waals surface area contributed by atoms with Gasteiger partial charge in [-0.05, 0) is 31.0 Å². The van der Waals surface area contributed by atoms with E-state index in [9.17, 15) is 18.2 Å². The first-order valence-electron chi connectivity index (χ1n) is 9.19. The molecule has 0 aliphatic carbocycles. The van der Waals surface area contributed by atoms with Crippen LogP contribution in [0.15, 0.2) is 18.2 Å². The monoisotopic (exact) mass is 411 g/mol. The van der Waals surface area contributed by atoms with Gasteiger partial charge in [0.2, 0.25) is 0 Å². The average molecular weight is 411 g/mol. The van der Waals surface area contributed by atoms with E-state index in [1.54, 1.807) is 12.1 Å². The van der Waals surface area contributed by atoms with Gasteiger partial charge in [-0.25, -0.2) is 14.0 Å². The lowest BCUT2D eigenvalue weighted by Gasteiger charge is -2.36. The van der Waals surface area contributed by atoms with Gasteiger partial charge in [-0.15, -0.1) is 0 Å². The number of methoxy groups -OCH3 is 1. The molecule has 0 radical (unpaired) electrons. The van der Waals surface area contributed by atoms with Gasteiger partial charge in [0, 0.05) is 34.4 Å². The van der Waals surface area contributed by atoms with Crippen molar-refractivity contribution in [3.63, 3.8) is 0 Å². The summed E-state index contributed by atoms with van der Waals surface area (Å²) in [7, 11) is 0.416. The van der Waals surface area contributed by atoms with E-state index in [2.05, 4.69) is 10.1 Å². The molecule has 2 amide bonds. The zero-order chi connectivity index (χ0) is 19.8. The lowest BCUT2D eigenvalue weighted by atomic mass is 10.2. The SMILES string of the molecule is COC(=O)NC[C@H]1CN(c2ccc(N3[C@@H]4CC[C@H]3CS(=O)C4)c(F)c2)C(=O)O1. The predicted molar refractivity (Wildman–Crippen MR) is 102 cm³/mol. The Balaban J connectivity index is 1.47. The number of benzene rings is 1. The van der Waals surface area contributed by atoms with Crippen molar-refractivity contribution in [3.8, 4) is 0 Å². The number of nitrogens with one attached hydrogen (secondary N) is 1. The van der Waals surface area contributed by atoms with Crippen molar-refractivity contribution < 1.29 is 27.7 Å². The Labute approximate surface area is 164 Å². The van der Waals surface area contributed by atoms with Gasteiger partial charge in [0.15, 0.2) is 0 Å². The molecule has 1 N–H and O–H groups in total. The van der Waals surface area contributed by atoms with Gasteiger partial charge in [-0.1, -0.05) is 0 Å². The molecule has 3 aliphatic rings. The number of alkyl carbamates (subject to hydrolysis) is 1. The fourth-order valence-electron chi connectivity index (χ4n) is 4.16. The highest BCUT2D eigenvalue weighted by Crippen LogP contribution is 2.37. The lowest BCUT2D eigenvalue weighted by molar-refractivity contribution is 0.132. The minimum absolute atomic E-state index is 0.102. The van der Waals surface area contributed by atoms with Gasteiger partial charge in [-0.3, -0.25) is 9.11 Å². The van der Waals surface area contributed by atoms with Crippen LogP contribution in [0.2, 0.25) is 0 Å². The highest BCUT2D eigenvalue weighted by molar-refractivity contribution is 7.85. The van der Waals surface area contributed by atoms with Crippen molar-refractivity contribution in [1.29, 1.82) is 0 Å². The average Bonchev–Trinajstić information content (AvgIpc) is 3.16.